The third-order valence-corrected chi connectivity index (χ3v) is 2.94. The molecule has 7 nitrogen and oxygen atoms in total. The standard InChI is InChI=1S/C13H13N5O2/c1-19-11-6-8(4-5-15-11)7-16-10-3-2-9(14)12-13(10)18-20-17-12/h2-6,16H,7,14H2,1H3. The molecule has 20 heavy (non-hydrogen) atoms. The number of rotatable bonds is 4. The average Bonchev–Trinajstić information content (AvgIpc) is 2.97. The van der Waals surface area contributed by atoms with Crippen LogP contribution in [0.2, 0.25) is 0 Å². The van der Waals surface area contributed by atoms with E-state index in [1.165, 1.54) is 0 Å². The Bertz CT molecular complexity index is 740. The molecule has 0 aliphatic carbocycles. The predicted octanol–water partition coefficient (Wildman–Crippen LogP) is 1.82. The van der Waals surface area contributed by atoms with Crippen LogP contribution in [0.5, 0.6) is 5.88 Å². The molecule has 0 bridgehead atoms. The van der Waals surface area contributed by atoms with E-state index in [1.54, 1.807) is 19.4 Å². The van der Waals surface area contributed by atoms with Crippen molar-refractivity contribution in [3.8, 4) is 5.88 Å². The molecule has 0 fully saturated rings. The van der Waals surface area contributed by atoms with Crippen molar-refractivity contribution in [3.05, 3.63) is 36.0 Å². The third-order valence-electron chi connectivity index (χ3n) is 2.94. The van der Waals surface area contributed by atoms with Gasteiger partial charge in [-0.1, -0.05) is 0 Å². The molecule has 3 aromatic rings. The summed E-state index contributed by atoms with van der Waals surface area (Å²) in [7, 11) is 1.59. The minimum absolute atomic E-state index is 0.539. The molecule has 0 aliphatic rings. The van der Waals surface area contributed by atoms with E-state index in [2.05, 4.69) is 20.6 Å². The average molecular weight is 271 g/mol. The van der Waals surface area contributed by atoms with Crippen molar-refractivity contribution < 1.29 is 9.37 Å². The predicted molar refractivity (Wildman–Crippen MR) is 74.3 cm³/mol. The number of pyridine rings is 1. The largest absolute Gasteiger partial charge is 0.481 e. The van der Waals surface area contributed by atoms with E-state index in [-0.39, 0.29) is 0 Å². The van der Waals surface area contributed by atoms with Crippen molar-refractivity contribution >= 4 is 22.4 Å². The Morgan fingerprint density at radius 3 is 2.95 bits per heavy atom. The number of hydrogen-bond donors (Lipinski definition) is 2. The Hall–Kier alpha value is -2.83. The molecule has 2 aromatic heterocycles. The summed E-state index contributed by atoms with van der Waals surface area (Å²) in [6.45, 7) is 0.602. The Kier molecular flexibility index (Phi) is 3.08. The van der Waals surface area contributed by atoms with Gasteiger partial charge < -0.3 is 15.8 Å². The van der Waals surface area contributed by atoms with Gasteiger partial charge in [0.1, 0.15) is 0 Å². The Morgan fingerprint density at radius 1 is 1.25 bits per heavy atom. The smallest absolute Gasteiger partial charge is 0.213 e. The van der Waals surface area contributed by atoms with Crippen molar-refractivity contribution in [1.29, 1.82) is 0 Å². The van der Waals surface area contributed by atoms with E-state index < -0.39 is 0 Å². The number of nitrogen functional groups attached to an aromatic ring is 1. The Labute approximate surface area is 114 Å². The van der Waals surface area contributed by atoms with Gasteiger partial charge in [0, 0.05) is 18.8 Å². The van der Waals surface area contributed by atoms with Crippen LogP contribution in [0, 0.1) is 0 Å². The normalized spacial score (nSPS) is 10.7. The summed E-state index contributed by atoms with van der Waals surface area (Å²) in [4.78, 5) is 4.06. The molecule has 0 aliphatic heterocycles. The number of nitrogens with zero attached hydrogens (tertiary/aromatic N) is 3. The summed E-state index contributed by atoms with van der Waals surface area (Å²) >= 11 is 0. The van der Waals surface area contributed by atoms with Gasteiger partial charge in [-0.15, -0.1) is 0 Å². The highest BCUT2D eigenvalue weighted by Gasteiger charge is 2.09. The molecule has 102 valence electrons. The maximum Gasteiger partial charge on any atom is 0.213 e. The minimum Gasteiger partial charge on any atom is -0.481 e. The van der Waals surface area contributed by atoms with Crippen LogP contribution in [0.15, 0.2) is 35.1 Å². The summed E-state index contributed by atoms with van der Waals surface area (Å²) < 4.78 is 9.81. The SMILES string of the molecule is COc1cc(CNc2ccc(N)c3nonc23)ccn1. The van der Waals surface area contributed by atoms with Gasteiger partial charge in [-0.25, -0.2) is 9.61 Å². The molecule has 0 spiro atoms. The first kappa shape index (κ1) is 12.2. The van der Waals surface area contributed by atoms with Gasteiger partial charge in [0.05, 0.1) is 18.5 Å². The fourth-order valence-corrected chi connectivity index (χ4v) is 1.90. The van der Waals surface area contributed by atoms with Crippen LogP contribution in [-0.2, 0) is 6.54 Å². The van der Waals surface area contributed by atoms with Crippen molar-refractivity contribution in [1.82, 2.24) is 15.3 Å². The minimum atomic E-state index is 0.539. The molecule has 0 unspecified atom stereocenters. The second-order valence-electron chi connectivity index (χ2n) is 4.22. The molecule has 2 heterocycles. The van der Waals surface area contributed by atoms with Gasteiger partial charge in [0.15, 0.2) is 11.0 Å². The summed E-state index contributed by atoms with van der Waals surface area (Å²) in [5.41, 5.74) is 9.36. The molecule has 0 amide bonds. The van der Waals surface area contributed by atoms with Gasteiger partial charge in [-0.3, -0.25) is 0 Å². The van der Waals surface area contributed by atoms with Gasteiger partial charge in [0.25, 0.3) is 0 Å². The first-order valence-corrected chi connectivity index (χ1v) is 6.01. The van der Waals surface area contributed by atoms with Crippen LogP contribution < -0.4 is 15.8 Å². The quantitative estimate of drug-likeness (QED) is 0.698. The highest BCUT2D eigenvalue weighted by atomic mass is 16.6. The topological polar surface area (TPSA) is 99.1 Å². The summed E-state index contributed by atoms with van der Waals surface area (Å²) in [6, 6.07) is 7.38. The van der Waals surface area contributed by atoms with E-state index >= 15 is 0 Å². The maximum absolute atomic E-state index is 5.80. The molecule has 7 heteroatoms. The summed E-state index contributed by atoms with van der Waals surface area (Å²) in [5, 5.41) is 10.9. The highest BCUT2D eigenvalue weighted by Crippen LogP contribution is 2.25. The van der Waals surface area contributed by atoms with Crippen LogP contribution in [0.3, 0.4) is 0 Å². The van der Waals surface area contributed by atoms with Gasteiger partial charge >= 0.3 is 0 Å². The number of fused-ring (bicyclic) bond motifs is 1. The fourth-order valence-electron chi connectivity index (χ4n) is 1.90. The zero-order valence-corrected chi connectivity index (χ0v) is 10.8. The van der Waals surface area contributed by atoms with Crippen LogP contribution in [0.1, 0.15) is 5.56 Å². The van der Waals surface area contributed by atoms with E-state index in [9.17, 15) is 0 Å². The van der Waals surface area contributed by atoms with Crippen molar-refractivity contribution in [3.63, 3.8) is 0 Å². The molecule has 0 radical (unpaired) electrons. The first-order chi connectivity index (χ1) is 9.78. The molecule has 3 rings (SSSR count). The van der Waals surface area contributed by atoms with Crippen LogP contribution in [0.4, 0.5) is 11.4 Å². The Morgan fingerprint density at radius 2 is 2.10 bits per heavy atom. The Balaban J connectivity index is 1.83. The van der Waals surface area contributed by atoms with Crippen molar-refractivity contribution in [2.45, 2.75) is 6.54 Å². The summed E-state index contributed by atoms with van der Waals surface area (Å²) in [5.74, 6) is 0.579. The van der Waals surface area contributed by atoms with Crippen LogP contribution in [-0.4, -0.2) is 22.4 Å². The van der Waals surface area contributed by atoms with Gasteiger partial charge in [0.2, 0.25) is 5.88 Å². The highest BCUT2D eigenvalue weighted by molar-refractivity contribution is 5.94. The molecule has 0 saturated carbocycles. The second-order valence-corrected chi connectivity index (χ2v) is 4.22. The number of ether oxygens (including phenoxy) is 1. The lowest BCUT2D eigenvalue weighted by Gasteiger charge is -2.08. The van der Waals surface area contributed by atoms with E-state index in [0.29, 0.717) is 29.1 Å². The number of methoxy groups -OCH3 is 1. The fraction of sp³-hybridized carbons (Fsp3) is 0.154. The lowest BCUT2D eigenvalue weighted by atomic mass is 10.2. The van der Waals surface area contributed by atoms with Gasteiger partial charge in [-0.2, -0.15) is 0 Å². The lowest BCUT2D eigenvalue weighted by Crippen LogP contribution is -2.01. The molecule has 3 N–H and O–H groups in total. The molecular formula is C13H13N5O2. The van der Waals surface area contributed by atoms with Crippen molar-refractivity contribution in [2.24, 2.45) is 0 Å². The number of anilines is 2. The van der Waals surface area contributed by atoms with Crippen LogP contribution >= 0.6 is 0 Å². The number of benzene rings is 1. The van der Waals surface area contributed by atoms with E-state index in [1.807, 2.05) is 18.2 Å². The van der Waals surface area contributed by atoms with Crippen LogP contribution in [0.25, 0.3) is 11.0 Å². The number of aromatic nitrogens is 3. The first-order valence-electron chi connectivity index (χ1n) is 6.01. The molecule has 0 atom stereocenters. The third kappa shape index (κ3) is 2.20. The zero-order chi connectivity index (χ0) is 13.9. The molecule has 0 saturated heterocycles. The van der Waals surface area contributed by atoms with E-state index in [4.69, 9.17) is 15.1 Å². The lowest BCUT2D eigenvalue weighted by molar-refractivity contribution is 0.316. The zero-order valence-electron chi connectivity index (χ0n) is 10.8. The van der Waals surface area contributed by atoms with Gasteiger partial charge in [-0.05, 0) is 34.1 Å². The number of nitrogens with two attached hydrogens (primary N) is 1. The number of nitrogens with one attached hydrogen (secondary N) is 1. The number of hydrogen-bond acceptors (Lipinski definition) is 7. The monoisotopic (exact) mass is 271 g/mol. The second kappa shape index (κ2) is 5.04. The van der Waals surface area contributed by atoms with Crippen molar-refractivity contribution in [2.75, 3.05) is 18.2 Å². The molecule has 1 aromatic carbocycles. The molecular weight excluding hydrogens is 258 g/mol. The maximum atomic E-state index is 5.80. The van der Waals surface area contributed by atoms with E-state index in [0.717, 1.165) is 11.3 Å². The summed E-state index contributed by atoms with van der Waals surface area (Å²) in [6.07, 6.45) is 1.70.